The molecule has 0 heterocycles. The van der Waals surface area contributed by atoms with Gasteiger partial charge in [0.25, 0.3) is 0 Å². The number of aryl methyl sites for hydroxylation is 1. The van der Waals surface area contributed by atoms with Crippen LogP contribution in [0.4, 0.5) is 0 Å². The van der Waals surface area contributed by atoms with Gasteiger partial charge >= 0.3 is 0 Å². The number of aliphatic hydroxyl groups excluding tert-OH is 1. The topological polar surface area (TPSA) is 58.6 Å². The SMILES string of the molecule is Cc1ccccc1C(O)CNC(=O)COCC1CC1. The number of benzene rings is 1. The molecule has 1 saturated carbocycles. The highest BCUT2D eigenvalue weighted by atomic mass is 16.5. The zero-order chi connectivity index (χ0) is 13.7. The summed E-state index contributed by atoms with van der Waals surface area (Å²) in [5, 5.41) is 12.7. The van der Waals surface area contributed by atoms with E-state index in [2.05, 4.69) is 5.32 Å². The van der Waals surface area contributed by atoms with E-state index in [1.165, 1.54) is 12.8 Å². The Bertz CT molecular complexity index is 429. The number of carbonyl (C=O) groups is 1. The molecule has 1 aliphatic rings. The lowest BCUT2D eigenvalue weighted by molar-refractivity contribution is -0.126. The molecule has 0 aliphatic heterocycles. The van der Waals surface area contributed by atoms with Crippen LogP contribution in [0.3, 0.4) is 0 Å². The maximum Gasteiger partial charge on any atom is 0.246 e. The zero-order valence-electron chi connectivity index (χ0n) is 11.3. The molecule has 0 spiro atoms. The van der Waals surface area contributed by atoms with Gasteiger partial charge in [-0.05, 0) is 36.8 Å². The van der Waals surface area contributed by atoms with Crippen molar-refractivity contribution in [3.63, 3.8) is 0 Å². The second kappa shape index (κ2) is 6.68. The summed E-state index contributed by atoms with van der Waals surface area (Å²) in [4.78, 5) is 11.5. The van der Waals surface area contributed by atoms with Crippen molar-refractivity contribution in [1.29, 1.82) is 0 Å². The Labute approximate surface area is 113 Å². The number of hydrogen-bond donors (Lipinski definition) is 2. The zero-order valence-corrected chi connectivity index (χ0v) is 11.3. The van der Waals surface area contributed by atoms with Crippen LogP contribution in [-0.2, 0) is 9.53 Å². The fourth-order valence-corrected chi connectivity index (χ4v) is 1.93. The third-order valence-corrected chi connectivity index (χ3v) is 3.32. The van der Waals surface area contributed by atoms with Crippen molar-refractivity contribution in [2.24, 2.45) is 5.92 Å². The highest BCUT2D eigenvalue weighted by molar-refractivity contribution is 5.77. The first-order valence-electron chi connectivity index (χ1n) is 6.75. The van der Waals surface area contributed by atoms with E-state index in [0.717, 1.165) is 11.1 Å². The van der Waals surface area contributed by atoms with Gasteiger partial charge < -0.3 is 15.2 Å². The first-order chi connectivity index (χ1) is 9.16. The van der Waals surface area contributed by atoms with Crippen molar-refractivity contribution in [3.05, 3.63) is 35.4 Å². The number of aliphatic hydroxyl groups is 1. The molecule has 0 aromatic heterocycles. The van der Waals surface area contributed by atoms with Gasteiger partial charge in [-0.25, -0.2) is 0 Å². The first-order valence-corrected chi connectivity index (χ1v) is 6.75. The lowest BCUT2D eigenvalue weighted by atomic mass is 10.0. The van der Waals surface area contributed by atoms with Crippen LogP contribution in [-0.4, -0.2) is 30.8 Å². The second-order valence-electron chi connectivity index (χ2n) is 5.13. The predicted molar refractivity (Wildman–Crippen MR) is 72.7 cm³/mol. The molecule has 1 aromatic carbocycles. The minimum Gasteiger partial charge on any atom is -0.387 e. The maximum atomic E-state index is 11.5. The quantitative estimate of drug-likeness (QED) is 0.785. The van der Waals surface area contributed by atoms with E-state index < -0.39 is 6.10 Å². The van der Waals surface area contributed by atoms with Gasteiger partial charge in [-0.2, -0.15) is 0 Å². The van der Waals surface area contributed by atoms with Gasteiger partial charge in [0, 0.05) is 6.54 Å². The predicted octanol–water partition coefficient (Wildman–Crippen LogP) is 1.57. The Morgan fingerprint density at radius 3 is 2.89 bits per heavy atom. The summed E-state index contributed by atoms with van der Waals surface area (Å²) in [7, 11) is 0. The Morgan fingerprint density at radius 1 is 1.47 bits per heavy atom. The van der Waals surface area contributed by atoms with Crippen LogP contribution in [0.15, 0.2) is 24.3 Å². The molecule has 0 bridgehead atoms. The van der Waals surface area contributed by atoms with Crippen LogP contribution in [0.1, 0.15) is 30.1 Å². The summed E-state index contributed by atoms with van der Waals surface area (Å²) in [6.07, 6.45) is 1.76. The summed E-state index contributed by atoms with van der Waals surface area (Å²) in [6, 6.07) is 7.62. The van der Waals surface area contributed by atoms with Gasteiger partial charge in [0.05, 0.1) is 12.7 Å². The number of nitrogens with one attached hydrogen (secondary N) is 1. The van der Waals surface area contributed by atoms with E-state index in [-0.39, 0.29) is 19.1 Å². The minimum absolute atomic E-state index is 0.0803. The number of carbonyl (C=O) groups excluding carboxylic acids is 1. The van der Waals surface area contributed by atoms with Gasteiger partial charge in [0.2, 0.25) is 5.91 Å². The minimum atomic E-state index is -0.673. The van der Waals surface area contributed by atoms with Crippen molar-refractivity contribution in [2.75, 3.05) is 19.8 Å². The van der Waals surface area contributed by atoms with Crippen molar-refractivity contribution in [1.82, 2.24) is 5.32 Å². The lowest BCUT2D eigenvalue weighted by Crippen LogP contribution is -2.31. The van der Waals surface area contributed by atoms with Crippen LogP contribution in [0.5, 0.6) is 0 Å². The normalized spacial score (nSPS) is 16.1. The number of ether oxygens (including phenoxy) is 1. The average molecular weight is 263 g/mol. The van der Waals surface area contributed by atoms with Crippen molar-refractivity contribution >= 4 is 5.91 Å². The van der Waals surface area contributed by atoms with Gasteiger partial charge in [0.1, 0.15) is 6.61 Å². The molecule has 1 atom stereocenters. The van der Waals surface area contributed by atoms with Gasteiger partial charge in [0.15, 0.2) is 0 Å². The largest absolute Gasteiger partial charge is 0.387 e. The third kappa shape index (κ3) is 4.65. The molecule has 1 amide bonds. The van der Waals surface area contributed by atoms with Crippen LogP contribution in [0, 0.1) is 12.8 Å². The van der Waals surface area contributed by atoms with Crippen LogP contribution >= 0.6 is 0 Å². The summed E-state index contributed by atoms with van der Waals surface area (Å²) < 4.78 is 5.29. The highest BCUT2D eigenvalue weighted by Gasteiger charge is 2.21. The molecule has 1 aromatic rings. The van der Waals surface area contributed by atoms with Crippen molar-refractivity contribution in [3.8, 4) is 0 Å². The van der Waals surface area contributed by atoms with E-state index in [9.17, 15) is 9.90 Å². The first kappa shape index (κ1) is 14.0. The third-order valence-electron chi connectivity index (χ3n) is 3.32. The summed E-state index contributed by atoms with van der Waals surface area (Å²) >= 11 is 0. The Hall–Kier alpha value is -1.39. The van der Waals surface area contributed by atoms with Crippen LogP contribution in [0.25, 0.3) is 0 Å². The Balaban J connectivity index is 1.68. The van der Waals surface area contributed by atoms with E-state index in [0.29, 0.717) is 12.5 Å². The molecule has 2 rings (SSSR count). The van der Waals surface area contributed by atoms with Crippen LogP contribution in [0.2, 0.25) is 0 Å². The van der Waals surface area contributed by atoms with E-state index in [1.54, 1.807) is 0 Å². The number of amides is 1. The smallest absolute Gasteiger partial charge is 0.246 e. The summed E-state index contributed by atoms with van der Waals surface area (Å²) in [5.41, 5.74) is 1.87. The molecule has 0 radical (unpaired) electrons. The molecule has 19 heavy (non-hydrogen) atoms. The van der Waals surface area contributed by atoms with E-state index >= 15 is 0 Å². The second-order valence-corrected chi connectivity index (χ2v) is 5.13. The number of rotatable bonds is 7. The van der Waals surface area contributed by atoms with E-state index in [1.807, 2.05) is 31.2 Å². The highest BCUT2D eigenvalue weighted by Crippen LogP contribution is 2.28. The fourth-order valence-electron chi connectivity index (χ4n) is 1.93. The monoisotopic (exact) mass is 263 g/mol. The van der Waals surface area contributed by atoms with E-state index in [4.69, 9.17) is 4.74 Å². The molecule has 104 valence electrons. The average Bonchev–Trinajstić information content (AvgIpc) is 3.20. The van der Waals surface area contributed by atoms with Gasteiger partial charge in [-0.3, -0.25) is 4.79 Å². The summed E-state index contributed by atoms with van der Waals surface area (Å²) in [5.74, 6) is 0.485. The van der Waals surface area contributed by atoms with Crippen LogP contribution < -0.4 is 5.32 Å². The molecule has 4 heteroatoms. The molecular formula is C15H21NO3. The molecular weight excluding hydrogens is 242 g/mol. The maximum absolute atomic E-state index is 11.5. The molecule has 1 unspecified atom stereocenters. The van der Waals surface area contributed by atoms with Crippen molar-refractivity contribution < 1.29 is 14.6 Å². The van der Waals surface area contributed by atoms with Gasteiger partial charge in [-0.1, -0.05) is 24.3 Å². The Kier molecular flexibility index (Phi) is 4.93. The molecule has 2 N–H and O–H groups in total. The fraction of sp³-hybridized carbons (Fsp3) is 0.533. The standard InChI is InChI=1S/C15H21NO3/c1-11-4-2-3-5-13(11)14(17)8-16-15(18)10-19-9-12-6-7-12/h2-5,12,14,17H,6-10H2,1H3,(H,16,18). The van der Waals surface area contributed by atoms with Gasteiger partial charge in [-0.15, -0.1) is 0 Å². The Morgan fingerprint density at radius 2 is 2.21 bits per heavy atom. The molecule has 1 fully saturated rings. The molecule has 4 nitrogen and oxygen atoms in total. The molecule has 0 saturated heterocycles. The lowest BCUT2D eigenvalue weighted by Gasteiger charge is -2.14. The summed E-state index contributed by atoms with van der Waals surface area (Å²) in [6.45, 7) is 2.92. The molecule has 1 aliphatic carbocycles. The van der Waals surface area contributed by atoms with Crippen molar-refractivity contribution in [2.45, 2.75) is 25.9 Å². The number of hydrogen-bond acceptors (Lipinski definition) is 3.